The summed E-state index contributed by atoms with van der Waals surface area (Å²) in [5.41, 5.74) is 2.81. The molecule has 0 aliphatic rings. The van der Waals surface area contributed by atoms with Crippen molar-refractivity contribution in [1.29, 1.82) is 0 Å². The van der Waals surface area contributed by atoms with Gasteiger partial charge in [-0.25, -0.2) is 0 Å². The number of hydrogen-bond donors (Lipinski definition) is 0. The van der Waals surface area contributed by atoms with Gasteiger partial charge in [-0.05, 0) is 33.1 Å². The molecule has 0 aromatic rings. The van der Waals surface area contributed by atoms with Crippen LogP contribution in [0.2, 0.25) is 0 Å². The van der Waals surface area contributed by atoms with Crippen LogP contribution in [0.1, 0.15) is 46.5 Å². The van der Waals surface area contributed by atoms with E-state index >= 15 is 0 Å². The third-order valence-electron chi connectivity index (χ3n) is 1.91. The summed E-state index contributed by atoms with van der Waals surface area (Å²) < 4.78 is 0. The first-order chi connectivity index (χ1) is 5.20. The van der Waals surface area contributed by atoms with Crippen LogP contribution in [0, 0.1) is 0 Å². The Kier molecular flexibility index (Phi) is 5.91. The molecule has 0 heterocycles. The first-order valence-corrected chi connectivity index (χ1v) is 4.49. The van der Waals surface area contributed by atoms with Gasteiger partial charge in [0.05, 0.1) is 0 Å². The van der Waals surface area contributed by atoms with Gasteiger partial charge in [0.15, 0.2) is 0 Å². The summed E-state index contributed by atoms with van der Waals surface area (Å²) in [5.74, 6) is 0. The van der Waals surface area contributed by atoms with Crippen molar-refractivity contribution in [3.05, 3.63) is 23.8 Å². The van der Waals surface area contributed by atoms with Crippen molar-refractivity contribution in [2.45, 2.75) is 46.5 Å². The second-order valence-electron chi connectivity index (χ2n) is 3.17. The molecular formula is C11H20. The number of allylic oxidation sites excluding steroid dienone is 3. The fourth-order valence-corrected chi connectivity index (χ4v) is 1.01. The lowest BCUT2D eigenvalue weighted by Crippen LogP contribution is -1.83. The van der Waals surface area contributed by atoms with Crippen molar-refractivity contribution < 1.29 is 0 Å². The van der Waals surface area contributed by atoms with Gasteiger partial charge in [0.2, 0.25) is 0 Å². The Labute approximate surface area is 71.0 Å². The van der Waals surface area contributed by atoms with Crippen LogP contribution >= 0.6 is 0 Å². The molecule has 0 heteroatoms. The van der Waals surface area contributed by atoms with Crippen LogP contribution in [-0.2, 0) is 0 Å². The highest BCUT2D eigenvalue weighted by atomic mass is 14.0. The Balaban J connectivity index is 3.53. The predicted octanol–water partition coefficient (Wildman–Crippen LogP) is 4.09. The van der Waals surface area contributed by atoms with Crippen LogP contribution in [0.15, 0.2) is 23.8 Å². The minimum atomic E-state index is 1.09. The van der Waals surface area contributed by atoms with E-state index in [-0.39, 0.29) is 0 Å². The molecule has 0 fully saturated rings. The standard InChI is InChI=1S/C11H20/c1-5-7-8-11(4)9-10(3)6-2/h6H,4-5,7-9H2,1-3H3. The van der Waals surface area contributed by atoms with Crippen LogP contribution in [0.25, 0.3) is 0 Å². The van der Waals surface area contributed by atoms with E-state index in [1.165, 1.54) is 30.4 Å². The third-order valence-corrected chi connectivity index (χ3v) is 1.91. The van der Waals surface area contributed by atoms with Crippen molar-refractivity contribution in [1.82, 2.24) is 0 Å². The van der Waals surface area contributed by atoms with Crippen LogP contribution in [-0.4, -0.2) is 0 Å². The minimum Gasteiger partial charge on any atom is -0.0995 e. The summed E-state index contributed by atoms with van der Waals surface area (Å²) in [7, 11) is 0. The maximum absolute atomic E-state index is 4.04. The molecule has 0 nitrogen and oxygen atoms in total. The quantitative estimate of drug-likeness (QED) is 0.520. The predicted molar refractivity (Wildman–Crippen MR) is 52.7 cm³/mol. The molecule has 0 aromatic carbocycles. The van der Waals surface area contributed by atoms with Crippen molar-refractivity contribution in [2.75, 3.05) is 0 Å². The van der Waals surface area contributed by atoms with Crippen LogP contribution in [0.3, 0.4) is 0 Å². The van der Waals surface area contributed by atoms with E-state index in [2.05, 4.69) is 33.4 Å². The Morgan fingerprint density at radius 1 is 1.45 bits per heavy atom. The molecule has 0 radical (unpaired) electrons. The van der Waals surface area contributed by atoms with Gasteiger partial charge in [0.25, 0.3) is 0 Å². The molecule has 0 aliphatic heterocycles. The SMILES string of the molecule is C=C(CCCC)CC(C)=CC. The molecule has 0 aromatic heterocycles. The van der Waals surface area contributed by atoms with Crippen LogP contribution < -0.4 is 0 Å². The summed E-state index contributed by atoms with van der Waals surface area (Å²) in [5, 5.41) is 0. The van der Waals surface area contributed by atoms with Gasteiger partial charge in [0.1, 0.15) is 0 Å². The van der Waals surface area contributed by atoms with Crippen molar-refractivity contribution >= 4 is 0 Å². The fraction of sp³-hybridized carbons (Fsp3) is 0.636. The molecule has 0 atom stereocenters. The van der Waals surface area contributed by atoms with E-state index in [1.54, 1.807) is 0 Å². The van der Waals surface area contributed by atoms with Crippen molar-refractivity contribution in [2.24, 2.45) is 0 Å². The molecule has 0 saturated heterocycles. The van der Waals surface area contributed by atoms with Gasteiger partial charge >= 0.3 is 0 Å². The summed E-state index contributed by atoms with van der Waals surface area (Å²) in [6.45, 7) is 10.5. The van der Waals surface area contributed by atoms with E-state index in [9.17, 15) is 0 Å². The summed E-state index contributed by atoms with van der Waals surface area (Å²) >= 11 is 0. The lowest BCUT2D eigenvalue weighted by atomic mass is 10.0. The van der Waals surface area contributed by atoms with E-state index in [1.807, 2.05) is 0 Å². The molecule has 0 N–H and O–H groups in total. The summed E-state index contributed by atoms with van der Waals surface area (Å²) in [6, 6.07) is 0. The highest BCUT2D eigenvalue weighted by Crippen LogP contribution is 2.14. The Morgan fingerprint density at radius 2 is 2.09 bits per heavy atom. The zero-order valence-electron chi connectivity index (χ0n) is 8.11. The second kappa shape index (κ2) is 6.21. The molecule has 0 unspecified atom stereocenters. The van der Waals surface area contributed by atoms with E-state index in [4.69, 9.17) is 0 Å². The number of hydrogen-bond acceptors (Lipinski definition) is 0. The lowest BCUT2D eigenvalue weighted by Gasteiger charge is -2.03. The molecule has 0 spiro atoms. The van der Waals surface area contributed by atoms with Gasteiger partial charge in [0, 0.05) is 0 Å². The largest absolute Gasteiger partial charge is 0.0995 e. The number of rotatable bonds is 5. The van der Waals surface area contributed by atoms with E-state index in [0.29, 0.717) is 0 Å². The normalized spacial score (nSPS) is 11.7. The second-order valence-corrected chi connectivity index (χ2v) is 3.17. The monoisotopic (exact) mass is 152 g/mol. The first-order valence-electron chi connectivity index (χ1n) is 4.49. The molecule has 64 valence electrons. The minimum absolute atomic E-state index is 1.09. The highest BCUT2D eigenvalue weighted by molar-refractivity contribution is 5.09. The Bertz CT molecular complexity index is 140. The number of unbranched alkanes of at least 4 members (excludes halogenated alkanes) is 1. The van der Waals surface area contributed by atoms with Gasteiger partial charge in [-0.3, -0.25) is 0 Å². The zero-order valence-corrected chi connectivity index (χ0v) is 8.11. The lowest BCUT2D eigenvalue weighted by molar-refractivity contribution is 0.772. The molecule has 11 heavy (non-hydrogen) atoms. The van der Waals surface area contributed by atoms with E-state index < -0.39 is 0 Å². The van der Waals surface area contributed by atoms with Crippen molar-refractivity contribution in [3.63, 3.8) is 0 Å². The van der Waals surface area contributed by atoms with Crippen LogP contribution in [0.5, 0.6) is 0 Å². The molecule has 0 rings (SSSR count). The average molecular weight is 152 g/mol. The topological polar surface area (TPSA) is 0 Å². The van der Waals surface area contributed by atoms with Gasteiger partial charge < -0.3 is 0 Å². The van der Waals surface area contributed by atoms with Gasteiger partial charge in [-0.15, -0.1) is 0 Å². The van der Waals surface area contributed by atoms with Crippen molar-refractivity contribution in [3.8, 4) is 0 Å². The Morgan fingerprint density at radius 3 is 2.55 bits per heavy atom. The maximum atomic E-state index is 4.04. The van der Waals surface area contributed by atoms with E-state index in [0.717, 1.165) is 6.42 Å². The summed E-state index contributed by atoms with van der Waals surface area (Å²) in [6.07, 6.45) is 7.01. The average Bonchev–Trinajstić information content (AvgIpc) is 2.00. The Hall–Kier alpha value is -0.520. The van der Waals surface area contributed by atoms with Gasteiger partial charge in [-0.1, -0.05) is 37.1 Å². The molecule has 0 aliphatic carbocycles. The summed E-state index contributed by atoms with van der Waals surface area (Å²) in [4.78, 5) is 0. The maximum Gasteiger partial charge on any atom is -0.0114 e. The zero-order chi connectivity index (χ0) is 8.69. The van der Waals surface area contributed by atoms with Gasteiger partial charge in [-0.2, -0.15) is 0 Å². The molecular weight excluding hydrogens is 132 g/mol. The highest BCUT2D eigenvalue weighted by Gasteiger charge is 1.94. The molecule has 0 bridgehead atoms. The smallest absolute Gasteiger partial charge is 0.0114 e. The third kappa shape index (κ3) is 5.90. The van der Waals surface area contributed by atoms with Crippen LogP contribution in [0.4, 0.5) is 0 Å². The fourth-order valence-electron chi connectivity index (χ4n) is 1.01. The molecule has 0 saturated carbocycles. The molecule has 0 amide bonds. The first kappa shape index (κ1) is 10.5.